The number of nitrogens with zero attached hydrogens (tertiary/aromatic N) is 1. The smallest absolute Gasteiger partial charge is 0.266 e. The Labute approximate surface area is 141 Å². The molecule has 3 rings (SSSR count). The highest BCUT2D eigenvalue weighted by atomic mass is 35.5. The molecule has 24 heavy (non-hydrogen) atoms. The van der Waals surface area contributed by atoms with Gasteiger partial charge in [0.15, 0.2) is 0 Å². The lowest BCUT2D eigenvalue weighted by molar-refractivity contribution is -0.398. The summed E-state index contributed by atoms with van der Waals surface area (Å²) in [6.07, 6.45) is 1.46. The van der Waals surface area contributed by atoms with Gasteiger partial charge in [-0.2, -0.15) is 0 Å². The Morgan fingerprint density at radius 3 is 2.71 bits per heavy atom. The molecule has 1 amide bonds. The van der Waals surface area contributed by atoms with Gasteiger partial charge < -0.3 is 15.2 Å². The Morgan fingerprint density at radius 2 is 2.04 bits per heavy atom. The molecule has 0 unspecified atom stereocenters. The number of anilines is 1. The summed E-state index contributed by atoms with van der Waals surface area (Å²) in [5.74, 6) is -1.33. The van der Waals surface area contributed by atoms with Crippen molar-refractivity contribution in [1.29, 1.82) is 0 Å². The summed E-state index contributed by atoms with van der Waals surface area (Å²) in [7, 11) is 1.25. The Kier molecular flexibility index (Phi) is 3.86. The van der Waals surface area contributed by atoms with Crippen LogP contribution in [0, 0.1) is 10.1 Å². The van der Waals surface area contributed by atoms with Crippen LogP contribution in [0.25, 0.3) is 11.6 Å². The van der Waals surface area contributed by atoms with E-state index in [-0.39, 0.29) is 11.7 Å². The third-order valence-electron chi connectivity index (χ3n) is 3.55. The van der Waals surface area contributed by atoms with Gasteiger partial charge in [0.2, 0.25) is 0 Å². The van der Waals surface area contributed by atoms with Crippen LogP contribution in [-0.4, -0.2) is 17.9 Å². The summed E-state index contributed by atoms with van der Waals surface area (Å²) >= 11 is 5.89. The van der Waals surface area contributed by atoms with E-state index in [2.05, 4.69) is 5.32 Å². The number of ether oxygens (including phenoxy) is 1. The predicted molar refractivity (Wildman–Crippen MR) is 87.0 cm³/mol. The van der Waals surface area contributed by atoms with Crippen LogP contribution in [0.3, 0.4) is 0 Å². The van der Waals surface area contributed by atoms with Gasteiger partial charge in [0.25, 0.3) is 11.6 Å². The maximum Gasteiger partial charge on any atom is 0.266 e. The van der Waals surface area contributed by atoms with Crippen LogP contribution in [0.2, 0.25) is 5.02 Å². The van der Waals surface area contributed by atoms with E-state index in [4.69, 9.17) is 16.3 Å². The number of benzene rings is 2. The summed E-state index contributed by atoms with van der Waals surface area (Å²) in [6.45, 7) is 0. The molecule has 122 valence electrons. The van der Waals surface area contributed by atoms with E-state index in [0.717, 1.165) is 6.07 Å². The maximum atomic E-state index is 12.1. The zero-order valence-corrected chi connectivity index (χ0v) is 13.1. The SMILES string of the molecule is COc1cc(/C=C2/C(=O)Nc3cc(Cl)ccc32)cc([N+](=O)[O-])c1[O-]. The summed E-state index contributed by atoms with van der Waals surface area (Å²) in [4.78, 5) is 22.4. The third kappa shape index (κ3) is 2.65. The maximum absolute atomic E-state index is 12.1. The minimum atomic E-state index is -0.812. The third-order valence-corrected chi connectivity index (χ3v) is 3.78. The number of methoxy groups -OCH3 is 1. The van der Waals surface area contributed by atoms with E-state index < -0.39 is 16.4 Å². The number of nitrogens with one attached hydrogen (secondary N) is 1. The van der Waals surface area contributed by atoms with Crippen LogP contribution in [0.4, 0.5) is 11.4 Å². The second-order valence-electron chi connectivity index (χ2n) is 5.03. The molecule has 0 saturated carbocycles. The fourth-order valence-corrected chi connectivity index (χ4v) is 2.63. The molecule has 0 saturated heterocycles. The van der Waals surface area contributed by atoms with Crippen molar-refractivity contribution in [2.24, 2.45) is 0 Å². The molecule has 8 heteroatoms. The highest BCUT2D eigenvalue weighted by Gasteiger charge is 2.24. The van der Waals surface area contributed by atoms with Gasteiger partial charge in [0.05, 0.1) is 17.7 Å². The lowest BCUT2D eigenvalue weighted by atomic mass is 10.0. The van der Waals surface area contributed by atoms with Gasteiger partial charge in [0.1, 0.15) is 5.75 Å². The number of hydrogen-bond donors (Lipinski definition) is 1. The second kappa shape index (κ2) is 5.86. The van der Waals surface area contributed by atoms with E-state index in [1.807, 2.05) is 0 Å². The number of fused-ring (bicyclic) bond motifs is 1. The molecule has 1 heterocycles. The minimum Gasteiger partial charge on any atom is -0.865 e. The molecular weight excluding hydrogens is 336 g/mol. The Bertz CT molecular complexity index is 908. The molecule has 0 aliphatic carbocycles. The molecular formula is C16H10ClN2O5-. The van der Waals surface area contributed by atoms with Crippen molar-refractivity contribution in [3.63, 3.8) is 0 Å². The van der Waals surface area contributed by atoms with Gasteiger partial charge in [0, 0.05) is 28.0 Å². The van der Waals surface area contributed by atoms with Crippen molar-refractivity contribution in [1.82, 2.24) is 0 Å². The fraction of sp³-hybridized carbons (Fsp3) is 0.0625. The topological polar surface area (TPSA) is 105 Å². The van der Waals surface area contributed by atoms with Crippen molar-refractivity contribution in [3.8, 4) is 11.5 Å². The molecule has 2 aromatic rings. The van der Waals surface area contributed by atoms with Crippen LogP contribution in [0.15, 0.2) is 30.3 Å². The van der Waals surface area contributed by atoms with Crippen LogP contribution < -0.4 is 15.2 Å². The number of hydrogen-bond acceptors (Lipinski definition) is 5. The molecule has 1 aliphatic rings. The van der Waals surface area contributed by atoms with Crippen LogP contribution in [-0.2, 0) is 4.79 Å². The van der Waals surface area contributed by atoms with E-state index in [1.165, 1.54) is 19.3 Å². The normalized spacial score (nSPS) is 14.4. The molecule has 0 spiro atoms. The number of carbonyl (C=O) groups is 1. The minimum absolute atomic E-state index is 0.161. The monoisotopic (exact) mass is 345 g/mol. The number of carbonyl (C=O) groups excluding carboxylic acids is 1. The van der Waals surface area contributed by atoms with Gasteiger partial charge in [-0.1, -0.05) is 17.7 Å². The van der Waals surface area contributed by atoms with Crippen molar-refractivity contribution in [2.45, 2.75) is 0 Å². The Hall–Kier alpha value is -3.06. The Balaban J connectivity index is 2.14. The molecule has 7 nitrogen and oxygen atoms in total. The van der Waals surface area contributed by atoms with Gasteiger partial charge >= 0.3 is 0 Å². The van der Waals surface area contributed by atoms with Gasteiger partial charge in [-0.25, -0.2) is 0 Å². The zero-order chi connectivity index (χ0) is 17.4. The summed E-state index contributed by atoms with van der Waals surface area (Å²) in [5.41, 5.74) is 1.19. The molecule has 0 bridgehead atoms. The standard InChI is InChI=1S/C16H11ClN2O5/c1-24-14-6-8(5-13(15(14)20)19(22)23)4-11-10-3-2-9(17)7-12(10)18-16(11)21/h2-7,20H,1H3,(H,18,21)/p-1/b11-4+. The first-order valence-corrected chi connectivity index (χ1v) is 7.15. The molecule has 1 aliphatic heterocycles. The number of nitro benzene ring substituents is 1. The molecule has 0 fully saturated rings. The van der Waals surface area contributed by atoms with Crippen LogP contribution in [0.5, 0.6) is 11.5 Å². The average molecular weight is 346 g/mol. The molecule has 0 atom stereocenters. The fourth-order valence-electron chi connectivity index (χ4n) is 2.46. The molecule has 2 aromatic carbocycles. The first-order chi connectivity index (χ1) is 11.4. The van der Waals surface area contributed by atoms with E-state index >= 15 is 0 Å². The summed E-state index contributed by atoms with van der Waals surface area (Å²) < 4.78 is 4.89. The predicted octanol–water partition coefficient (Wildman–Crippen LogP) is 2.82. The van der Waals surface area contributed by atoms with Crippen molar-refractivity contribution in [3.05, 3.63) is 56.6 Å². The Morgan fingerprint density at radius 1 is 1.29 bits per heavy atom. The van der Waals surface area contributed by atoms with Crippen molar-refractivity contribution in [2.75, 3.05) is 12.4 Å². The first-order valence-electron chi connectivity index (χ1n) is 6.77. The van der Waals surface area contributed by atoms with Crippen LogP contribution >= 0.6 is 11.6 Å². The van der Waals surface area contributed by atoms with Crippen molar-refractivity contribution < 1.29 is 19.6 Å². The number of rotatable bonds is 3. The van der Waals surface area contributed by atoms with Crippen LogP contribution in [0.1, 0.15) is 11.1 Å². The number of amides is 1. The largest absolute Gasteiger partial charge is 0.865 e. The van der Waals surface area contributed by atoms with E-state index in [1.54, 1.807) is 18.2 Å². The number of nitro groups is 1. The quantitative estimate of drug-likeness (QED) is 0.523. The highest BCUT2D eigenvalue weighted by molar-refractivity contribution is 6.36. The van der Waals surface area contributed by atoms with E-state index in [9.17, 15) is 20.0 Å². The average Bonchev–Trinajstić information content (AvgIpc) is 2.83. The summed E-state index contributed by atoms with van der Waals surface area (Å²) in [6, 6.07) is 7.38. The number of halogens is 1. The second-order valence-corrected chi connectivity index (χ2v) is 5.47. The highest BCUT2D eigenvalue weighted by Crippen LogP contribution is 2.38. The van der Waals surface area contributed by atoms with Gasteiger partial charge in [-0.15, -0.1) is 0 Å². The van der Waals surface area contributed by atoms with Crippen molar-refractivity contribution >= 4 is 40.5 Å². The van der Waals surface area contributed by atoms with Gasteiger partial charge in [-0.05, 0) is 29.8 Å². The van der Waals surface area contributed by atoms with Gasteiger partial charge in [-0.3, -0.25) is 14.9 Å². The zero-order valence-electron chi connectivity index (χ0n) is 12.3. The first kappa shape index (κ1) is 15.8. The molecule has 0 aromatic heterocycles. The molecule has 0 radical (unpaired) electrons. The summed E-state index contributed by atoms with van der Waals surface area (Å²) in [5, 5.41) is 26.0. The lowest BCUT2D eigenvalue weighted by Gasteiger charge is -2.13. The molecule has 1 N–H and O–H groups in total. The lowest BCUT2D eigenvalue weighted by Crippen LogP contribution is -2.04. The van der Waals surface area contributed by atoms with E-state index in [0.29, 0.717) is 27.4 Å².